The van der Waals surface area contributed by atoms with E-state index in [1.165, 1.54) is 11.8 Å². The lowest BCUT2D eigenvalue weighted by Gasteiger charge is -2.10. The highest BCUT2D eigenvalue weighted by Crippen LogP contribution is 2.28. The van der Waals surface area contributed by atoms with Crippen molar-refractivity contribution in [2.45, 2.75) is 24.1 Å². The summed E-state index contributed by atoms with van der Waals surface area (Å²) in [6.07, 6.45) is 0. The molecule has 0 saturated carbocycles. The molecule has 0 amide bonds. The predicted octanol–water partition coefficient (Wildman–Crippen LogP) is 1.49. The van der Waals surface area contributed by atoms with E-state index in [9.17, 15) is 0 Å². The molecule has 0 aliphatic heterocycles. The standard InChI is InChI=1S/C8H12ClN3OS/c1-4(3-13)14-7-6(10)5(2)11-8(9)12-7/h4,13H,3,10H2,1-2H3. The van der Waals surface area contributed by atoms with Gasteiger partial charge in [-0.15, -0.1) is 0 Å². The highest BCUT2D eigenvalue weighted by molar-refractivity contribution is 8.00. The van der Waals surface area contributed by atoms with Gasteiger partial charge in [0.25, 0.3) is 0 Å². The highest BCUT2D eigenvalue weighted by atomic mass is 35.5. The summed E-state index contributed by atoms with van der Waals surface area (Å²) in [6.45, 7) is 3.73. The van der Waals surface area contributed by atoms with Gasteiger partial charge in [0.1, 0.15) is 5.03 Å². The van der Waals surface area contributed by atoms with Crippen LogP contribution in [0.5, 0.6) is 0 Å². The number of hydrogen-bond acceptors (Lipinski definition) is 5. The maximum absolute atomic E-state index is 8.89. The van der Waals surface area contributed by atoms with Gasteiger partial charge in [0, 0.05) is 5.25 Å². The summed E-state index contributed by atoms with van der Waals surface area (Å²) in [4.78, 5) is 7.92. The third-order valence-electron chi connectivity index (χ3n) is 1.64. The second kappa shape index (κ2) is 4.82. The molecule has 1 heterocycles. The number of halogens is 1. The van der Waals surface area contributed by atoms with E-state index in [0.717, 1.165) is 0 Å². The number of nitrogens with zero attached hydrogens (tertiary/aromatic N) is 2. The molecule has 1 aromatic rings. The monoisotopic (exact) mass is 233 g/mol. The van der Waals surface area contributed by atoms with Gasteiger partial charge < -0.3 is 10.8 Å². The first-order chi connectivity index (χ1) is 6.54. The Morgan fingerprint density at radius 2 is 2.21 bits per heavy atom. The van der Waals surface area contributed by atoms with Crippen molar-refractivity contribution in [1.82, 2.24) is 9.97 Å². The molecule has 0 bridgehead atoms. The van der Waals surface area contributed by atoms with Crippen LogP contribution in [0.25, 0.3) is 0 Å². The molecule has 0 aromatic carbocycles. The number of nitrogen functional groups attached to an aromatic ring is 1. The molecule has 0 aliphatic rings. The molecule has 4 nitrogen and oxygen atoms in total. The maximum Gasteiger partial charge on any atom is 0.223 e. The Kier molecular flexibility index (Phi) is 3.97. The van der Waals surface area contributed by atoms with Crippen molar-refractivity contribution in [3.8, 4) is 0 Å². The van der Waals surface area contributed by atoms with Crippen LogP contribution < -0.4 is 5.73 Å². The molecule has 1 aromatic heterocycles. The van der Waals surface area contributed by atoms with Gasteiger partial charge in [0.2, 0.25) is 5.28 Å². The number of aryl methyl sites for hydroxylation is 1. The topological polar surface area (TPSA) is 72.0 Å². The van der Waals surface area contributed by atoms with E-state index in [1.807, 2.05) is 6.92 Å². The number of anilines is 1. The Labute approximate surface area is 91.9 Å². The van der Waals surface area contributed by atoms with Crippen molar-refractivity contribution < 1.29 is 5.11 Å². The minimum Gasteiger partial charge on any atom is -0.395 e. The summed E-state index contributed by atoms with van der Waals surface area (Å²) in [5.74, 6) is 0. The number of aliphatic hydroxyl groups is 1. The van der Waals surface area contributed by atoms with Crippen LogP contribution in [0.3, 0.4) is 0 Å². The zero-order valence-corrected chi connectivity index (χ0v) is 9.56. The largest absolute Gasteiger partial charge is 0.395 e. The van der Waals surface area contributed by atoms with Crippen LogP contribution in [0, 0.1) is 6.92 Å². The van der Waals surface area contributed by atoms with Gasteiger partial charge in [0.15, 0.2) is 0 Å². The Morgan fingerprint density at radius 1 is 1.57 bits per heavy atom. The van der Waals surface area contributed by atoms with E-state index in [2.05, 4.69) is 9.97 Å². The van der Waals surface area contributed by atoms with Crippen LogP contribution in [0.4, 0.5) is 5.69 Å². The summed E-state index contributed by atoms with van der Waals surface area (Å²) in [7, 11) is 0. The molecule has 0 radical (unpaired) electrons. The number of nitrogens with two attached hydrogens (primary N) is 1. The van der Waals surface area contributed by atoms with Crippen LogP contribution >= 0.6 is 23.4 Å². The molecule has 6 heteroatoms. The smallest absolute Gasteiger partial charge is 0.223 e. The average Bonchev–Trinajstić information content (AvgIpc) is 2.13. The molecule has 0 saturated heterocycles. The zero-order chi connectivity index (χ0) is 10.7. The van der Waals surface area contributed by atoms with Gasteiger partial charge in [0.05, 0.1) is 18.0 Å². The normalized spacial score (nSPS) is 12.9. The fourth-order valence-electron chi connectivity index (χ4n) is 0.840. The van der Waals surface area contributed by atoms with E-state index in [4.69, 9.17) is 22.4 Å². The van der Waals surface area contributed by atoms with E-state index < -0.39 is 0 Å². The molecule has 1 rings (SSSR count). The summed E-state index contributed by atoms with van der Waals surface area (Å²) in [5.41, 5.74) is 6.96. The van der Waals surface area contributed by atoms with Crippen molar-refractivity contribution >= 4 is 29.1 Å². The highest BCUT2D eigenvalue weighted by Gasteiger charge is 2.11. The van der Waals surface area contributed by atoms with Crippen molar-refractivity contribution in [2.75, 3.05) is 12.3 Å². The number of aromatic nitrogens is 2. The summed E-state index contributed by atoms with van der Waals surface area (Å²) in [5, 5.41) is 9.75. The quantitative estimate of drug-likeness (QED) is 0.470. The van der Waals surface area contributed by atoms with Crippen molar-refractivity contribution in [3.63, 3.8) is 0 Å². The molecular formula is C8H12ClN3OS. The Hall–Kier alpha value is -0.520. The first kappa shape index (κ1) is 11.6. The molecule has 1 unspecified atom stereocenters. The van der Waals surface area contributed by atoms with Gasteiger partial charge in [-0.25, -0.2) is 9.97 Å². The Balaban J connectivity index is 2.96. The van der Waals surface area contributed by atoms with Gasteiger partial charge in [-0.1, -0.05) is 18.7 Å². The summed E-state index contributed by atoms with van der Waals surface area (Å²) < 4.78 is 0. The van der Waals surface area contributed by atoms with E-state index in [1.54, 1.807) is 6.92 Å². The van der Waals surface area contributed by atoms with Crippen LogP contribution in [0.15, 0.2) is 5.03 Å². The SMILES string of the molecule is Cc1nc(Cl)nc(SC(C)CO)c1N. The van der Waals surface area contributed by atoms with E-state index in [0.29, 0.717) is 16.4 Å². The number of hydrogen-bond donors (Lipinski definition) is 2. The van der Waals surface area contributed by atoms with Crippen LogP contribution in [-0.2, 0) is 0 Å². The number of thioether (sulfide) groups is 1. The number of aliphatic hydroxyl groups excluding tert-OH is 1. The van der Waals surface area contributed by atoms with Gasteiger partial charge in [-0.3, -0.25) is 0 Å². The maximum atomic E-state index is 8.89. The second-order valence-electron chi connectivity index (χ2n) is 2.91. The van der Waals surface area contributed by atoms with Crippen LogP contribution in [0.2, 0.25) is 5.28 Å². The van der Waals surface area contributed by atoms with Crippen LogP contribution in [-0.4, -0.2) is 26.9 Å². The number of rotatable bonds is 3. The van der Waals surface area contributed by atoms with E-state index in [-0.39, 0.29) is 17.1 Å². The van der Waals surface area contributed by atoms with Gasteiger partial charge in [-0.05, 0) is 18.5 Å². The molecule has 78 valence electrons. The summed E-state index contributed by atoms with van der Waals surface area (Å²) >= 11 is 7.08. The van der Waals surface area contributed by atoms with Crippen molar-refractivity contribution in [1.29, 1.82) is 0 Å². The Bertz CT molecular complexity index is 335. The fourth-order valence-corrected chi connectivity index (χ4v) is 1.97. The second-order valence-corrected chi connectivity index (χ2v) is 4.67. The molecule has 0 spiro atoms. The minimum atomic E-state index is 0.0441. The zero-order valence-electron chi connectivity index (χ0n) is 7.99. The van der Waals surface area contributed by atoms with Crippen molar-refractivity contribution in [2.24, 2.45) is 0 Å². The van der Waals surface area contributed by atoms with Gasteiger partial charge >= 0.3 is 0 Å². The lowest BCUT2D eigenvalue weighted by atomic mass is 10.4. The molecule has 3 N–H and O–H groups in total. The van der Waals surface area contributed by atoms with Gasteiger partial charge in [-0.2, -0.15) is 0 Å². The summed E-state index contributed by atoms with van der Waals surface area (Å²) in [6, 6.07) is 0. The fraction of sp³-hybridized carbons (Fsp3) is 0.500. The molecule has 0 fully saturated rings. The third-order valence-corrected chi connectivity index (χ3v) is 2.90. The molecule has 1 atom stereocenters. The predicted molar refractivity (Wildman–Crippen MR) is 58.6 cm³/mol. The minimum absolute atomic E-state index is 0.0441. The lowest BCUT2D eigenvalue weighted by molar-refractivity contribution is 0.300. The average molecular weight is 234 g/mol. The first-order valence-electron chi connectivity index (χ1n) is 4.11. The van der Waals surface area contributed by atoms with Crippen LogP contribution in [0.1, 0.15) is 12.6 Å². The first-order valence-corrected chi connectivity index (χ1v) is 5.37. The molecule has 0 aliphatic carbocycles. The van der Waals surface area contributed by atoms with E-state index >= 15 is 0 Å². The third kappa shape index (κ3) is 2.73. The lowest BCUT2D eigenvalue weighted by Crippen LogP contribution is -2.06. The Morgan fingerprint density at radius 3 is 2.79 bits per heavy atom. The molecular weight excluding hydrogens is 222 g/mol. The van der Waals surface area contributed by atoms with Crippen molar-refractivity contribution in [3.05, 3.63) is 11.0 Å². The molecule has 14 heavy (non-hydrogen) atoms.